The average Bonchev–Trinajstić information content (AvgIpc) is 3.28. The van der Waals surface area contributed by atoms with E-state index in [4.69, 9.17) is 14.2 Å². The second-order valence-corrected chi connectivity index (χ2v) is 17.0. The van der Waals surface area contributed by atoms with Gasteiger partial charge in [0.05, 0.1) is 0 Å². The molecule has 0 N–H and O–H groups in total. The van der Waals surface area contributed by atoms with Crippen LogP contribution in [0.25, 0.3) is 0 Å². The van der Waals surface area contributed by atoms with Crippen molar-refractivity contribution in [1.82, 2.24) is 0 Å². The molecule has 360 valence electrons. The Labute approximate surface area is 388 Å². The summed E-state index contributed by atoms with van der Waals surface area (Å²) in [6, 6.07) is 0. The van der Waals surface area contributed by atoms with E-state index in [2.05, 4.69) is 93.7 Å². The zero-order valence-electron chi connectivity index (χ0n) is 41.1. The fourth-order valence-electron chi connectivity index (χ4n) is 7.06. The van der Waals surface area contributed by atoms with Gasteiger partial charge in [-0.05, 0) is 77.0 Å². The summed E-state index contributed by atoms with van der Waals surface area (Å²) < 4.78 is 16.7. The Morgan fingerprint density at radius 1 is 0.333 bits per heavy atom. The fourth-order valence-corrected chi connectivity index (χ4v) is 7.06. The molecule has 0 saturated carbocycles. The zero-order chi connectivity index (χ0) is 45.8. The molecule has 0 bridgehead atoms. The van der Waals surface area contributed by atoms with E-state index < -0.39 is 6.10 Å². The molecule has 0 aromatic heterocycles. The van der Waals surface area contributed by atoms with Crippen LogP contribution in [0.15, 0.2) is 85.1 Å². The van der Waals surface area contributed by atoms with Gasteiger partial charge in [0.1, 0.15) is 13.2 Å². The van der Waals surface area contributed by atoms with Gasteiger partial charge in [0, 0.05) is 19.3 Å². The fraction of sp³-hybridized carbons (Fsp3) is 0.702. The second kappa shape index (κ2) is 51.2. The van der Waals surface area contributed by atoms with Gasteiger partial charge < -0.3 is 14.2 Å². The molecule has 0 heterocycles. The van der Waals surface area contributed by atoms with Crippen molar-refractivity contribution >= 4 is 17.9 Å². The maximum Gasteiger partial charge on any atom is 0.306 e. The predicted octanol–water partition coefficient (Wildman–Crippen LogP) is 17.2. The highest BCUT2D eigenvalue weighted by Gasteiger charge is 2.19. The van der Waals surface area contributed by atoms with Crippen molar-refractivity contribution in [3.8, 4) is 0 Å². The monoisotopic (exact) mass is 877 g/mol. The Morgan fingerprint density at radius 3 is 1.06 bits per heavy atom. The average molecular weight is 877 g/mol. The number of allylic oxidation sites excluding steroid dienone is 14. The van der Waals surface area contributed by atoms with E-state index in [1.807, 2.05) is 12.2 Å². The number of rotatable bonds is 46. The van der Waals surface area contributed by atoms with Crippen LogP contribution >= 0.6 is 0 Å². The lowest BCUT2D eigenvalue weighted by molar-refractivity contribution is -0.166. The Bertz CT molecular complexity index is 1240. The van der Waals surface area contributed by atoms with Crippen LogP contribution in [0.4, 0.5) is 0 Å². The lowest BCUT2D eigenvalue weighted by atomic mass is 10.0. The number of carbonyl (C=O) groups is 3. The van der Waals surface area contributed by atoms with Crippen molar-refractivity contribution in [2.24, 2.45) is 0 Å². The van der Waals surface area contributed by atoms with Gasteiger partial charge in [0.25, 0.3) is 0 Å². The summed E-state index contributed by atoms with van der Waals surface area (Å²) in [5.41, 5.74) is 0. The minimum Gasteiger partial charge on any atom is -0.462 e. The first-order valence-corrected chi connectivity index (χ1v) is 26.1. The first-order chi connectivity index (χ1) is 31.0. The third-order valence-electron chi connectivity index (χ3n) is 10.9. The van der Waals surface area contributed by atoms with Crippen molar-refractivity contribution in [2.45, 2.75) is 245 Å². The molecule has 0 amide bonds. The Morgan fingerprint density at radius 2 is 0.651 bits per heavy atom. The minimum atomic E-state index is -0.807. The molecular weight excluding hydrogens is 781 g/mol. The molecule has 0 aliphatic carbocycles. The largest absolute Gasteiger partial charge is 0.462 e. The molecule has 0 aromatic carbocycles. The molecule has 0 aliphatic rings. The highest BCUT2D eigenvalue weighted by Crippen LogP contribution is 2.15. The van der Waals surface area contributed by atoms with Crippen LogP contribution in [0.2, 0.25) is 0 Å². The second-order valence-electron chi connectivity index (χ2n) is 17.0. The maximum absolute atomic E-state index is 12.8. The summed E-state index contributed by atoms with van der Waals surface area (Å²) in [6.45, 7) is 6.34. The van der Waals surface area contributed by atoms with Crippen LogP contribution in [0.1, 0.15) is 239 Å². The Balaban J connectivity index is 4.46. The number of unbranched alkanes of at least 4 members (excludes halogenated alkanes) is 21. The van der Waals surface area contributed by atoms with E-state index in [0.29, 0.717) is 19.3 Å². The first kappa shape index (κ1) is 59.6. The van der Waals surface area contributed by atoms with E-state index >= 15 is 0 Å². The van der Waals surface area contributed by atoms with Crippen LogP contribution in [0, 0.1) is 0 Å². The van der Waals surface area contributed by atoms with Crippen LogP contribution in [-0.4, -0.2) is 37.2 Å². The van der Waals surface area contributed by atoms with Gasteiger partial charge in [-0.3, -0.25) is 14.4 Å². The van der Waals surface area contributed by atoms with E-state index in [0.717, 1.165) is 89.9 Å². The molecule has 0 aliphatic heterocycles. The highest BCUT2D eigenvalue weighted by molar-refractivity contribution is 5.71. The molecule has 0 spiro atoms. The standard InChI is InChI=1S/C57H96O6/c1-4-7-10-13-16-19-22-25-27-28-30-32-35-38-41-44-47-50-56(59)62-53-54(52-61-55(58)49-46-43-40-37-34-31-24-21-18-15-12-9-6-3)63-57(60)51-48-45-42-39-36-33-29-26-23-20-17-14-11-8-5-2/h7,9-10,12,16,18-19,21,25,27,31,34,40,43,54H,4-6,8,11,13-15,17,20,22-24,26,28-30,32-33,35-39,41-42,44-53H2,1-3H3/b10-7-,12-9-,19-16-,21-18-,27-25-,34-31-,43-40-. The molecule has 1 unspecified atom stereocenters. The van der Waals surface area contributed by atoms with Gasteiger partial charge in [-0.15, -0.1) is 0 Å². The van der Waals surface area contributed by atoms with Crippen LogP contribution in [-0.2, 0) is 28.6 Å². The number of carbonyl (C=O) groups excluding carboxylic acids is 3. The number of ether oxygens (including phenoxy) is 3. The summed E-state index contributed by atoms with van der Waals surface area (Å²) in [5, 5.41) is 0. The smallest absolute Gasteiger partial charge is 0.306 e. The van der Waals surface area contributed by atoms with Gasteiger partial charge in [0.2, 0.25) is 0 Å². The zero-order valence-corrected chi connectivity index (χ0v) is 41.1. The Hall–Kier alpha value is -3.41. The van der Waals surface area contributed by atoms with Crippen LogP contribution in [0.3, 0.4) is 0 Å². The van der Waals surface area contributed by atoms with Gasteiger partial charge in [-0.1, -0.05) is 228 Å². The lowest BCUT2D eigenvalue weighted by Gasteiger charge is -2.18. The molecular formula is C57H96O6. The third-order valence-corrected chi connectivity index (χ3v) is 10.9. The topological polar surface area (TPSA) is 78.9 Å². The predicted molar refractivity (Wildman–Crippen MR) is 270 cm³/mol. The minimum absolute atomic E-state index is 0.103. The highest BCUT2D eigenvalue weighted by atomic mass is 16.6. The maximum atomic E-state index is 12.8. The molecule has 6 heteroatoms. The van der Waals surface area contributed by atoms with Gasteiger partial charge in [-0.25, -0.2) is 0 Å². The van der Waals surface area contributed by atoms with Crippen molar-refractivity contribution < 1.29 is 28.6 Å². The lowest BCUT2D eigenvalue weighted by Crippen LogP contribution is -2.30. The Kier molecular flexibility index (Phi) is 48.5. The molecule has 6 nitrogen and oxygen atoms in total. The molecule has 63 heavy (non-hydrogen) atoms. The van der Waals surface area contributed by atoms with Crippen molar-refractivity contribution in [3.05, 3.63) is 85.1 Å². The summed E-state index contributed by atoms with van der Waals surface area (Å²) in [7, 11) is 0. The van der Waals surface area contributed by atoms with Crippen LogP contribution in [0.5, 0.6) is 0 Å². The summed E-state index contributed by atoms with van der Waals surface area (Å²) in [6.07, 6.45) is 65.8. The van der Waals surface area contributed by atoms with E-state index in [1.165, 1.54) is 103 Å². The van der Waals surface area contributed by atoms with Gasteiger partial charge in [0.15, 0.2) is 6.10 Å². The van der Waals surface area contributed by atoms with Crippen LogP contribution < -0.4 is 0 Å². The molecule has 0 rings (SSSR count). The van der Waals surface area contributed by atoms with Gasteiger partial charge >= 0.3 is 17.9 Å². The van der Waals surface area contributed by atoms with E-state index in [9.17, 15) is 14.4 Å². The number of hydrogen-bond acceptors (Lipinski definition) is 6. The van der Waals surface area contributed by atoms with E-state index in [-0.39, 0.29) is 37.5 Å². The summed E-state index contributed by atoms with van der Waals surface area (Å²) in [4.78, 5) is 38.0. The van der Waals surface area contributed by atoms with Crippen molar-refractivity contribution in [1.29, 1.82) is 0 Å². The number of hydrogen-bond donors (Lipinski definition) is 0. The SMILES string of the molecule is CC/C=C\C/C=C\C/C=C\C/C=C\CCC(=O)OCC(COC(=O)CCCCCCCCC/C=C\C/C=C\C/C=C\CC)OC(=O)CCCCCCCCCCCCCCCCC. The normalized spacial score (nSPS) is 12.7. The number of esters is 3. The van der Waals surface area contributed by atoms with Gasteiger partial charge in [-0.2, -0.15) is 0 Å². The quantitative estimate of drug-likeness (QED) is 0.0262. The molecule has 0 fully saturated rings. The summed E-state index contributed by atoms with van der Waals surface area (Å²) >= 11 is 0. The molecule has 0 aromatic rings. The van der Waals surface area contributed by atoms with Crippen molar-refractivity contribution in [3.63, 3.8) is 0 Å². The molecule has 0 saturated heterocycles. The molecule has 1 atom stereocenters. The van der Waals surface area contributed by atoms with E-state index in [1.54, 1.807) is 0 Å². The molecule has 0 radical (unpaired) electrons. The van der Waals surface area contributed by atoms with Crippen molar-refractivity contribution in [2.75, 3.05) is 13.2 Å². The first-order valence-electron chi connectivity index (χ1n) is 26.1. The summed E-state index contributed by atoms with van der Waals surface area (Å²) in [5.74, 6) is -0.994. The third kappa shape index (κ3) is 49.5.